The first-order valence-electron chi connectivity index (χ1n) is 6.31. The molecule has 2 aliphatic rings. The summed E-state index contributed by atoms with van der Waals surface area (Å²) in [5, 5.41) is 9.13. The molecule has 1 amide bonds. The molecule has 0 aromatic heterocycles. The number of aliphatic carboxylic acids is 1. The van der Waals surface area contributed by atoms with E-state index in [0.717, 1.165) is 25.7 Å². The lowest BCUT2D eigenvalue weighted by Crippen LogP contribution is -2.51. The van der Waals surface area contributed by atoms with Crippen molar-refractivity contribution in [3.8, 4) is 0 Å². The van der Waals surface area contributed by atoms with E-state index in [0.29, 0.717) is 26.2 Å². The average molecular weight is 241 g/mol. The number of carboxylic acids is 1. The van der Waals surface area contributed by atoms with Crippen LogP contribution in [0.1, 0.15) is 32.1 Å². The van der Waals surface area contributed by atoms with Crippen molar-refractivity contribution in [3.63, 3.8) is 0 Å². The fourth-order valence-corrected chi connectivity index (χ4v) is 2.62. The maximum absolute atomic E-state index is 12.3. The van der Waals surface area contributed by atoms with Crippen LogP contribution in [0.2, 0.25) is 0 Å². The molecule has 2 saturated heterocycles. The molecule has 0 radical (unpaired) electrons. The van der Waals surface area contributed by atoms with E-state index >= 15 is 0 Å². The van der Waals surface area contributed by atoms with Crippen molar-refractivity contribution < 1.29 is 19.4 Å². The summed E-state index contributed by atoms with van der Waals surface area (Å²) in [7, 11) is 0. The van der Waals surface area contributed by atoms with E-state index in [1.165, 1.54) is 0 Å². The number of rotatable bonds is 2. The molecule has 1 unspecified atom stereocenters. The molecular weight excluding hydrogens is 222 g/mol. The van der Waals surface area contributed by atoms with E-state index in [-0.39, 0.29) is 11.8 Å². The lowest BCUT2D eigenvalue weighted by Gasteiger charge is -2.36. The van der Waals surface area contributed by atoms with Gasteiger partial charge in [-0.1, -0.05) is 0 Å². The Morgan fingerprint density at radius 2 is 2.00 bits per heavy atom. The first-order valence-corrected chi connectivity index (χ1v) is 6.31. The highest BCUT2D eigenvalue weighted by atomic mass is 16.5. The van der Waals surface area contributed by atoms with E-state index in [2.05, 4.69) is 0 Å². The van der Waals surface area contributed by atoms with Crippen molar-refractivity contribution in [3.05, 3.63) is 0 Å². The van der Waals surface area contributed by atoms with Crippen LogP contribution in [0.3, 0.4) is 0 Å². The van der Waals surface area contributed by atoms with Crippen LogP contribution >= 0.6 is 0 Å². The minimum Gasteiger partial charge on any atom is -0.480 e. The molecule has 2 fully saturated rings. The third kappa shape index (κ3) is 2.77. The first-order chi connectivity index (χ1) is 8.20. The second-order valence-electron chi connectivity index (χ2n) is 4.80. The highest BCUT2D eigenvalue weighted by molar-refractivity contribution is 5.85. The van der Waals surface area contributed by atoms with Crippen LogP contribution in [0.4, 0.5) is 0 Å². The van der Waals surface area contributed by atoms with E-state index < -0.39 is 12.0 Å². The van der Waals surface area contributed by atoms with E-state index in [1.54, 1.807) is 4.90 Å². The summed E-state index contributed by atoms with van der Waals surface area (Å²) in [5.74, 6) is -1.05. The Morgan fingerprint density at radius 3 is 2.65 bits per heavy atom. The van der Waals surface area contributed by atoms with E-state index in [4.69, 9.17) is 9.84 Å². The number of hydrogen-bond donors (Lipinski definition) is 1. The summed E-state index contributed by atoms with van der Waals surface area (Å²) in [6, 6.07) is -0.627. The number of carbonyl (C=O) groups excluding carboxylic acids is 1. The minimum atomic E-state index is -0.880. The van der Waals surface area contributed by atoms with Gasteiger partial charge in [-0.05, 0) is 32.1 Å². The minimum absolute atomic E-state index is 0.0307. The predicted octanol–water partition coefficient (Wildman–Crippen LogP) is 0.879. The van der Waals surface area contributed by atoms with E-state index in [9.17, 15) is 9.59 Å². The Labute approximate surface area is 101 Å². The summed E-state index contributed by atoms with van der Waals surface area (Å²) in [5.41, 5.74) is 0. The average Bonchev–Trinajstić information content (AvgIpc) is 2.39. The van der Waals surface area contributed by atoms with Gasteiger partial charge in [0.15, 0.2) is 0 Å². The van der Waals surface area contributed by atoms with Gasteiger partial charge in [-0.15, -0.1) is 0 Å². The van der Waals surface area contributed by atoms with Crippen LogP contribution in [0.5, 0.6) is 0 Å². The zero-order valence-electron chi connectivity index (χ0n) is 9.93. The molecule has 0 aromatic carbocycles. The normalized spacial score (nSPS) is 30.0. The van der Waals surface area contributed by atoms with Crippen LogP contribution in [0.15, 0.2) is 0 Å². The molecule has 2 atom stereocenters. The number of hydrogen-bond acceptors (Lipinski definition) is 3. The van der Waals surface area contributed by atoms with Gasteiger partial charge in [0.2, 0.25) is 5.91 Å². The number of carboxylic acid groups (broad SMARTS) is 1. The van der Waals surface area contributed by atoms with Gasteiger partial charge in [0.1, 0.15) is 6.04 Å². The Kier molecular flexibility index (Phi) is 3.99. The molecule has 2 rings (SSSR count). The van der Waals surface area contributed by atoms with Crippen LogP contribution in [0, 0.1) is 5.92 Å². The smallest absolute Gasteiger partial charge is 0.326 e. The van der Waals surface area contributed by atoms with Crippen LogP contribution in [0.25, 0.3) is 0 Å². The van der Waals surface area contributed by atoms with Crippen molar-refractivity contribution in [1.29, 1.82) is 0 Å². The highest BCUT2D eigenvalue weighted by Gasteiger charge is 2.35. The molecule has 0 aromatic rings. The highest BCUT2D eigenvalue weighted by Crippen LogP contribution is 2.23. The van der Waals surface area contributed by atoms with Gasteiger partial charge < -0.3 is 14.7 Å². The van der Waals surface area contributed by atoms with Crippen molar-refractivity contribution in [1.82, 2.24) is 4.90 Å². The number of piperidine rings is 1. The Morgan fingerprint density at radius 1 is 1.18 bits per heavy atom. The molecule has 1 N–H and O–H groups in total. The lowest BCUT2D eigenvalue weighted by molar-refractivity contribution is -0.156. The number of amides is 1. The topological polar surface area (TPSA) is 66.8 Å². The molecule has 0 spiro atoms. The summed E-state index contributed by atoms with van der Waals surface area (Å²) in [4.78, 5) is 24.9. The molecule has 0 aliphatic carbocycles. The third-order valence-corrected chi connectivity index (χ3v) is 3.58. The molecule has 0 bridgehead atoms. The quantitative estimate of drug-likeness (QED) is 0.779. The van der Waals surface area contributed by atoms with Crippen LogP contribution < -0.4 is 0 Å². The third-order valence-electron chi connectivity index (χ3n) is 3.58. The van der Waals surface area contributed by atoms with Gasteiger partial charge >= 0.3 is 5.97 Å². The molecule has 0 saturated carbocycles. The fraction of sp³-hybridized carbons (Fsp3) is 0.833. The standard InChI is InChI=1S/C12H19NO4/c14-11(9-4-3-7-17-8-9)13-6-2-1-5-10(13)12(15)16/h9-10H,1-8H2,(H,15,16)/t9?,10-/m0/s1. The first kappa shape index (κ1) is 12.4. The van der Waals surface area contributed by atoms with Crippen molar-refractivity contribution in [2.75, 3.05) is 19.8 Å². The monoisotopic (exact) mass is 241 g/mol. The number of carbonyl (C=O) groups is 2. The van der Waals surface area contributed by atoms with Gasteiger partial charge in [0, 0.05) is 13.2 Å². The summed E-state index contributed by atoms with van der Waals surface area (Å²) in [6.07, 6.45) is 4.09. The Hall–Kier alpha value is -1.10. The molecular formula is C12H19NO4. The SMILES string of the molecule is O=C(O)[C@@H]1CCCCN1C(=O)C1CCCOC1. The van der Waals surface area contributed by atoms with Crippen LogP contribution in [-0.4, -0.2) is 47.7 Å². The summed E-state index contributed by atoms with van der Waals surface area (Å²) < 4.78 is 5.29. The number of likely N-dealkylation sites (tertiary alicyclic amines) is 1. The zero-order chi connectivity index (χ0) is 12.3. The largest absolute Gasteiger partial charge is 0.480 e. The second kappa shape index (κ2) is 5.49. The van der Waals surface area contributed by atoms with Crippen molar-refractivity contribution in [2.45, 2.75) is 38.1 Å². The van der Waals surface area contributed by atoms with Crippen molar-refractivity contribution in [2.24, 2.45) is 5.92 Å². The Balaban J connectivity index is 2.02. The van der Waals surface area contributed by atoms with Gasteiger partial charge in [0.25, 0.3) is 0 Å². The van der Waals surface area contributed by atoms with Crippen molar-refractivity contribution >= 4 is 11.9 Å². The number of ether oxygens (including phenoxy) is 1. The van der Waals surface area contributed by atoms with E-state index in [1.807, 2.05) is 0 Å². The maximum atomic E-state index is 12.3. The molecule has 5 nitrogen and oxygen atoms in total. The molecule has 17 heavy (non-hydrogen) atoms. The van der Waals surface area contributed by atoms with Gasteiger partial charge in [-0.2, -0.15) is 0 Å². The second-order valence-corrected chi connectivity index (χ2v) is 4.80. The van der Waals surface area contributed by atoms with Gasteiger partial charge in [0.05, 0.1) is 12.5 Å². The molecule has 96 valence electrons. The lowest BCUT2D eigenvalue weighted by atomic mass is 9.96. The molecule has 2 aliphatic heterocycles. The summed E-state index contributed by atoms with van der Waals surface area (Å²) in [6.45, 7) is 1.74. The molecule has 5 heteroatoms. The summed E-state index contributed by atoms with van der Waals surface area (Å²) >= 11 is 0. The number of nitrogens with zero attached hydrogens (tertiary/aromatic N) is 1. The maximum Gasteiger partial charge on any atom is 0.326 e. The van der Waals surface area contributed by atoms with Crippen LogP contribution in [-0.2, 0) is 14.3 Å². The molecule has 2 heterocycles. The van der Waals surface area contributed by atoms with Gasteiger partial charge in [-0.25, -0.2) is 4.79 Å². The predicted molar refractivity (Wildman–Crippen MR) is 60.5 cm³/mol. The fourth-order valence-electron chi connectivity index (χ4n) is 2.62. The van der Waals surface area contributed by atoms with Gasteiger partial charge in [-0.3, -0.25) is 4.79 Å². The zero-order valence-corrected chi connectivity index (χ0v) is 9.93. The Bertz CT molecular complexity index is 299.